The van der Waals surface area contributed by atoms with Crippen molar-refractivity contribution in [3.05, 3.63) is 40.5 Å². The molecular formula is C16H20BrN3. The number of anilines is 1. The van der Waals surface area contributed by atoms with Crippen LogP contribution < -0.4 is 5.32 Å². The molecule has 2 aromatic rings. The Balaban J connectivity index is 2.54. The lowest BCUT2D eigenvalue weighted by Gasteiger charge is -2.19. The number of nitrogens with zero attached hydrogens (tertiary/aromatic N) is 2. The number of halogens is 1. The average Bonchev–Trinajstić information content (AvgIpc) is 2.38. The van der Waals surface area contributed by atoms with Crippen LogP contribution in [0.5, 0.6) is 0 Å². The smallest absolute Gasteiger partial charge is 0.161 e. The van der Waals surface area contributed by atoms with Crippen molar-refractivity contribution in [1.29, 1.82) is 0 Å². The first-order chi connectivity index (χ1) is 9.40. The van der Waals surface area contributed by atoms with Crippen LogP contribution in [0, 0.1) is 0 Å². The van der Waals surface area contributed by atoms with Crippen molar-refractivity contribution in [2.24, 2.45) is 0 Å². The van der Waals surface area contributed by atoms with Gasteiger partial charge in [-0.3, -0.25) is 0 Å². The van der Waals surface area contributed by atoms with Crippen molar-refractivity contribution in [1.82, 2.24) is 9.97 Å². The number of nitrogens with one attached hydrogen (secondary N) is 1. The van der Waals surface area contributed by atoms with Gasteiger partial charge in [0.1, 0.15) is 5.82 Å². The molecule has 0 aliphatic rings. The second-order valence-corrected chi connectivity index (χ2v) is 6.67. The molecule has 1 aromatic heterocycles. The molecule has 4 heteroatoms. The van der Waals surface area contributed by atoms with Gasteiger partial charge in [0.2, 0.25) is 0 Å². The first kappa shape index (κ1) is 15.0. The number of benzene rings is 1. The van der Waals surface area contributed by atoms with Crippen molar-refractivity contribution in [3.63, 3.8) is 0 Å². The summed E-state index contributed by atoms with van der Waals surface area (Å²) in [5, 5.41) is 3.28. The van der Waals surface area contributed by atoms with Gasteiger partial charge in [-0.2, -0.15) is 0 Å². The van der Waals surface area contributed by atoms with Crippen molar-refractivity contribution < 1.29 is 0 Å². The number of hydrogen-bond acceptors (Lipinski definition) is 3. The van der Waals surface area contributed by atoms with E-state index >= 15 is 0 Å². The molecule has 0 aliphatic heterocycles. The summed E-state index contributed by atoms with van der Waals surface area (Å²) in [6.07, 6.45) is 0. The van der Waals surface area contributed by atoms with E-state index in [4.69, 9.17) is 4.98 Å². The summed E-state index contributed by atoms with van der Waals surface area (Å²) < 4.78 is 1.03. The minimum absolute atomic E-state index is 0.00608. The summed E-state index contributed by atoms with van der Waals surface area (Å²) in [6.45, 7) is 9.40. The molecule has 106 valence electrons. The highest BCUT2D eigenvalue weighted by molar-refractivity contribution is 9.10. The average molecular weight is 334 g/mol. The molecule has 2 rings (SSSR count). The van der Waals surface area contributed by atoms with Crippen molar-refractivity contribution >= 4 is 21.7 Å². The minimum atomic E-state index is -0.00608. The maximum absolute atomic E-state index is 4.73. The first-order valence-corrected chi connectivity index (χ1v) is 7.59. The number of rotatable bonds is 3. The standard InChI is InChI=1S/C16H20BrN3/c1-5-18-14-10-13(16(2,3)4)19-15(20-14)11-7-6-8-12(17)9-11/h6-10H,5H2,1-4H3,(H,18,19,20). The number of aromatic nitrogens is 2. The molecule has 1 N–H and O–H groups in total. The highest BCUT2D eigenvalue weighted by Crippen LogP contribution is 2.26. The van der Waals surface area contributed by atoms with Crippen LogP contribution in [0.3, 0.4) is 0 Å². The Morgan fingerprint density at radius 2 is 1.90 bits per heavy atom. The molecule has 0 atom stereocenters. The summed E-state index contributed by atoms with van der Waals surface area (Å²) in [6, 6.07) is 10.1. The lowest BCUT2D eigenvalue weighted by Crippen LogP contribution is -2.16. The van der Waals surface area contributed by atoms with Gasteiger partial charge in [-0.15, -0.1) is 0 Å². The van der Waals surface area contributed by atoms with E-state index in [1.807, 2.05) is 30.3 Å². The van der Waals surface area contributed by atoms with E-state index in [2.05, 4.69) is 53.9 Å². The third-order valence-corrected chi connectivity index (χ3v) is 3.43. The molecule has 0 saturated heterocycles. The largest absolute Gasteiger partial charge is 0.370 e. The third-order valence-electron chi connectivity index (χ3n) is 2.94. The fourth-order valence-corrected chi connectivity index (χ4v) is 2.26. The monoisotopic (exact) mass is 333 g/mol. The van der Waals surface area contributed by atoms with E-state index in [1.54, 1.807) is 0 Å². The van der Waals surface area contributed by atoms with Crippen LogP contribution in [0.4, 0.5) is 5.82 Å². The Bertz CT molecular complexity index is 603. The molecule has 0 bridgehead atoms. The molecule has 0 radical (unpaired) electrons. The van der Waals surface area contributed by atoms with E-state index in [1.165, 1.54) is 0 Å². The quantitative estimate of drug-likeness (QED) is 0.889. The lowest BCUT2D eigenvalue weighted by atomic mass is 9.91. The van der Waals surface area contributed by atoms with Gasteiger partial charge in [0.15, 0.2) is 5.82 Å². The van der Waals surface area contributed by atoms with Gasteiger partial charge in [-0.25, -0.2) is 9.97 Å². The molecule has 0 spiro atoms. The maximum Gasteiger partial charge on any atom is 0.161 e. The molecule has 0 fully saturated rings. The molecule has 0 aliphatic carbocycles. The topological polar surface area (TPSA) is 37.8 Å². The molecule has 3 nitrogen and oxygen atoms in total. The van der Waals surface area contributed by atoms with Crippen molar-refractivity contribution in [2.75, 3.05) is 11.9 Å². The predicted molar refractivity (Wildman–Crippen MR) is 88.0 cm³/mol. The summed E-state index contributed by atoms with van der Waals surface area (Å²) in [5.74, 6) is 1.64. The summed E-state index contributed by atoms with van der Waals surface area (Å²) in [4.78, 5) is 9.33. The van der Waals surface area contributed by atoms with Crippen molar-refractivity contribution in [2.45, 2.75) is 33.1 Å². The van der Waals surface area contributed by atoms with Crippen LogP contribution in [0.15, 0.2) is 34.8 Å². The fourth-order valence-electron chi connectivity index (χ4n) is 1.86. The Labute approximate surface area is 129 Å². The van der Waals surface area contributed by atoms with Crippen LogP contribution in [-0.4, -0.2) is 16.5 Å². The first-order valence-electron chi connectivity index (χ1n) is 6.79. The Kier molecular flexibility index (Phi) is 4.43. The Morgan fingerprint density at radius 3 is 2.50 bits per heavy atom. The highest BCUT2D eigenvalue weighted by atomic mass is 79.9. The predicted octanol–water partition coefficient (Wildman–Crippen LogP) is 4.64. The van der Waals surface area contributed by atoms with E-state index in [0.29, 0.717) is 0 Å². The molecule has 1 aromatic carbocycles. The normalized spacial score (nSPS) is 11.4. The third kappa shape index (κ3) is 3.57. The minimum Gasteiger partial charge on any atom is -0.370 e. The van der Waals surface area contributed by atoms with Crippen LogP contribution in [0.25, 0.3) is 11.4 Å². The van der Waals surface area contributed by atoms with Gasteiger partial charge in [0.05, 0.1) is 5.69 Å². The van der Waals surface area contributed by atoms with Gasteiger partial charge in [-0.05, 0) is 19.1 Å². The number of hydrogen-bond donors (Lipinski definition) is 1. The van der Waals surface area contributed by atoms with Crippen LogP contribution in [-0.2, 0) is 5.41 Å². The van der Waals surface area contributed by atoms with Gasteiger partial charge in [0.25, 0.3) is 0 Å². The van der Waals surface area contributed by atoms with E-state index in [0.717, 1.165) is 33.9 Å². The maximum atomic E-state index is 4.73. The zero-order valence-electron chi connectivity index (χ0n) is 12.4. The van der Waals surface area contributed by atoms with E-state index < -0.39 is 0 Å². The second-order valence-electron chi connectivity index (χ2n) is 5.75. The van der Waals surface area contributed by atoms with Gasteiger partial charge in [-0.1, -0.05) is 48.8 Å². The highest BCUT2D eigenvalue weighted by Gasteiger charge is 2.18. The SMILES string of the molecule is CCNc1cc(C(C)(C)C)nc(-c2cccc(Br)c2)n1. The van der Waals surface area contributed by atoms with E-state index in [-0.39, 0.29) is 5.41 Å². The molecular weight excluding hydrogens is 314 g/mol. The zero-order valence-corrected chi connectivity index (χ0v) is 14.0. The summed E-state index contributed by atoms with van der Waals surface area (Å²) in [5.41, 5.74) is 2.05. The zero-order chi connectivity index (χ0) is 14.8. The molecule has 1 heterocycles. The fraction of sp³-hybridized carbons (Fsp3) is 0.375. The van der Waals surface area contributed by atoms with Gasteiger partial charge >= 0.3 is 0 Å². The second kappa shape index (κ2) is 5.92. The van der Waals surface area contributed by atoms with Gasteiger partial charge < -0.3 is 5.32 Å². The Hall–Kier alpha value is -1.42. The van der Waals surface area contributed by atoms with Crippen LogP contribution in [0.2, 0.25) is 0 Å². The molecule has 0 amide bonds. The summed E-state index contributed by atoms with van der Waals surface area (Å²) >= 11 is 3.50. The Morgan fingerprint density at radius 1 is 1.15 bits per heavy atom. The molecule has 0 unspecified atom stereocenters. The molecule has 0 saturated carbocycles. The molecule has 20 heavy (non-hydrogen) atoms. The van der Waals surface area contributed by atoms with Crippen LogP contribution >= 0.6 is 15.9 Å². The van der Waals surface area contributed by atoms with Crippen molar-refractivity contribution in [3.8, 4) is 11.4 Å². The summed E-state index contributed by atoms with van der Waals surface area (Å²) in [7, 11) is 0. The van der Waals surface area contributed by atoms with E-state index in [9.17, 15) is 0 Å². The van der Waals surface area contributed by atoms with Crippen LogP contribution in [0.1, 0.15) is 33.4 Å². The van der Waals surface area contributed by atoms with Gasteiger partial charge in [0, 0.05) is 28.1 Å². The lowest BCUT2D eigenvalue weighted by molar-refractivity contribution is 0.568.